The molecule has 10 unspecified atom stereocenters. The molecule has 408 valence electrons. The van der Waals surface area contributed by atoms with Crippen LogP contribution in [0.5, 0.6) is 0 Å². The van der Waals surface area contributed by atoms with Gasteiger partial charge in [-0.1, -0.05) is 6.92 Å². The first kappa shape index (κ1) is 59.4. The number of nitrogens with one attached hydrogen (secondary N) is 5. The van der Waals surface area contributed by atoms with E-state index >= 15 is 0 Å². The fourth-order valence-electron chi connectivity index (χ4n) is 7.66. The van der Waals surface area contributed by atoms with Crippen LogP contribution >= 0.6 is 22.7 Å². The van der Waals surface area contributed by atoms with Crippen LogP contribution in [-0.4, -0.2) is 221 Å². The van der Waals surface area contributed by atoms with Crippen LogP contribution in [0.4, 0.5) is 4.79 Å². The Morgan fingerprint density at radius 3 is 2.21 bits per heavy atom. The van der Waals surface area contributed by atoms with Crippen molar-refractivity contribution in [2.75, 3.05) is 44.6 Å². The van der Waals surface area contributed by atoms with Crippen LogP contribution < -0.4 is 27.0 Å². The molecule has 3 aromatic heterocycles. The summed E-state index contributed by atoms with van der Waals surface area (Å²) in [7, 11) is 0.292. The number of carbonyl (C=O) groups excluding carboxylic acids is 5. The highest BCUT2D eigenvalue weighted by Gasteiger charge is 2.53. The number of ether oxygens (including phenoxy) is 5. The monoisotopic (exact) mass is 1090 g/mol. The number of aromatic amines is 1. The van der Waals surface area contributed by atoms with E-state index in [-0.39, 0.29) is 18.1 Å². The third-order valence-corrected chi connectivity index (χ3v) is 14.7. The quantitative estimate of drug-likeness (QED) is 0.0268. The van der Waals surface area contributed by atoms with E-state index in [1.165, 1.54) is 56.0 Å². The largest absolute Gasteiger partial charge is 0.441 e. The molecule has 2 aliphatic heterocycles. The molecule has 0 bridgehead atoms. The number of H-pyrrole nitrogens is 1. The molecule has 73 heavy (non-hydrogen) atoms. The minimum atomic E-state index is -2.00. The van der Waals surface area contributed by atoms with Crippen LogP contribution in [0.15, 0.2) is 23.3 Å². The average Bonchev–Trinajstić information content (AvgIpc) is 4.17. The molecule has 30 heteroatoms. The SMILES string of the molecule is C[C@H](C(=O)N[C@H](C(=O)NCCc1nc(-c2nc(C(=O)NCCC[S+](C)C)cs2)cs1)[C@@H](C)O)[C@H](O)[C@@H](C)NC(=O)C[C@@H](OC1OC(CO)C(O)C(O)C1OC1OC(CO)C(O)C(OC(N)=O)C1O)c1cnc[nH]1. The minimum Gasteiger partial charge on any atom is -0.441 e. The van der Waals surface area contributed by atoms with Crippen molar-refractivity contribution in [2.24, 2.45) is 11.7 Å². The third kappa shape index (κ3) is 16.2. The Kier molecular flexibility index (Phi) is 22.7. The van der Waals surface area contributed by atoms with Gasteiger partial charge in [0.05, 0.1) is 79.5 Å². The van der Waals surface area contributed by atoms with Crippen LogP contribution in [0.3, 0.4) is 0 Å². The zero-order chi connectivity index (χ0) is 53.7. The lowest BCUT2D eigenvalue weighted by Crippen LogP contribution is -2.65. The van der Waals surface area contributed by atoms with Crippen LogP contribution in [0, 0.1) is 5.92 Å². The van der Waals surface area contributed by atoms with Gasteiger partial charge in [-0.25, -0.2) is 19.7 Å². The van der Waals surface area contributed by atoms with Crippen molar-refractivity contribution in [1.29, 1.82) is 0 Å². The van der Waals surface area contributed by atoms with E-state index in [4.69, 9.17) is 29.4 Å². The van der Waals surface area contributed by atoms with E-state index in [9.17, 15) is 64.8 Å². The summed E-state index contributed by atoms with van der Waals surface area (Å²) >= 11 is 2.61. The summed E-state index contributed by atoms with van der Waals surface area (Å²) in [4.78, 5) is 80.1. The lowest BCUT2D eigenvalue weighted by molar-refractivity contribution is -0.371. The number of aromatic nitrogens is 4. The first-order valence-electron chi connectivity index (χ1n) is 23.1. The maximum absolute atomic E-state index is 13.6. The zero-order valence-electron chi connectivity index (χ0n) is 40.5. The summed E-state index contributed by atoms with van der Waals surface area (Å²) < 4.78 is 28.0. The smallest absolute Gasteiger partial charge is 0.404 e. The number of nitrogens with zero attached hydrogens (tertiary/aromatic N) is 3. The topological polar surface area (TPSA) is 422 Å². The molecule has 2 aliphatic rings. The Morgan fingerprint density at radius 1 is 0.863 bits per heavy atom. The maximum atomic E-state index is 13.6. The van der Waals surface area contributed by atoms with Gasteiger partial charge in [-0.05, 0) is 24.7 Å². The van der Waals surface area contributed by atoms with Crippen molar-refractivity contribution >= 4 is 63.3 Å². The molecule has 0 spiro atoms. The second kappa shape index (κ2) is 27.9. The van der Waals surface area contributed by atoms with Gasteiger partial charge in [-0.3, -0.25) is 19.2 Å². The number of thiazole rings is 2. The average molecular weight is 1090 g/mol. The number of hydrogen-bond acceptors (Lipinski definition) is 23. The Morgan fingerprint density at radius 2 is 1.56 bits per heavy atom. The molecule has 0 aromatic carbocycles. The van der Waals surface area contributed by atoms with Crippen LogP contribution in [0.1, 0.15) is 60.9 Å². The number of aliphatic hydroxyl groups excluding tert-OH is 8. The number of imidazole rings is 1. The van der Waals surface area contributed by atoms with E-state index in [1.807, 2.05) is 0 Å². The molecule has 2 saturated heterocycles. The molecular formula is C43H66N9O18S3+. The van der Waals surface area contributed by atoms with Crippen molar-refractivity contribution in [3.8, 4) is 10.7 Å². The van der Waals surface area contributed by atoms with E-state index < -0.39 is 141 Å². The summed E-state index contributed by atoms with van der Waals surface area (Å²) in [5, 5.41) is 100. The van der Waals surface area contributed by atoms with Crippen LogP contribution in [0.25, 0.3) is 10.7 Å². The molecule has 2 fully saturated rings. The first-order valence-corrected chi connectivity index (χ1v) is 27.1. The lowest BCUT2D eigenvalue weighted by atomic mass is 9.96. The third-order valence-electron chi connectivity index (χ3n) is 11.8. The maximum Gasteiger partial charge on any atom is 0.404 e. The van der Waals surface area contributed by atoms with Gasteiger partial charge in [-0.2, -0.15) is 0 Å². The Bertz CT molecular complexity index is 2240. The van der Waals surface area contributed by atoms with Crippen molar-refractivity contribution in [1.82, 2.24) is 41.2 Å². The second-order valence-electron chi connectivity index (χ2n) is 17.6. The number of aliphatic hydroxyl groups is 8. The summed E-state index contributed by atoms with van der Waals surface area (Å²) in [6.07, 6.45) is -16.1. The number of rotatable bonds is 26. The fourth-order valence-corrected chi connectivity index (χ4v) is 10.00. The van der Waals surface area contributed by atoms with Crippen molar-refractivity contribution in [3.05, 3.63) is 39.7 Å². The van der Waals surface area contributed by atoms with Crippen LogP contribution in [-0.2, 0) is 55.4 Å². The highest BCUT2D eigenvalue weighted by Crippen LogP contribution is 2.34. The number of primary amides is 1. The Hall–Kier alpha value is -4.51. The van der Waals surface area contributed by atoms with Crippen LogP contribution in [0.2, 0.25) is 0 Å². The second-order valence-corrected chi connectivity index (χ2v) is 21.8. The van der Waals surface area contributed by atoms with Crippen molar-refractivity contribution in [3.63, 3.8) is 0 Å². The van der Waals surface area contributed by atoms with Crippen molar-refractivity contribution in [2.45, 2.75) is 132 Å². The highest BCUT2D eigenvalue weighted by molar-refractivity contribution is 7.95. The van der Waals surface area contributed by atoms with E-state index in [0.29, 0.717) is 45.3 Å². The van der Waals surface area contributed by atoms with E-state index in [0.717, 1.165) is 12.2 Å². The minimum absolute atomic E-state index is 0.0886. The molecule has 0 saturated carbocycles. The molecule has 0 aliphatic carbocycles. The molecule has 15 N–H and O–H groups in total. The zero-order valence-corrected chi connectivity index (χ0v) is 43.0. The molecule has 5 amide bonds. The highest BCUT2D eigenvalue weighted by atomic mass is 32.2. The van der Waals surface area contributed by atoms with Gasteiger partial charge in [0.2, 0.25) is 17.7 Å². The number of amides is 5. The van der Waals surface area contributed by atoms with E-state index in [2.05, 4.69) is 53.7 Å². The number of hydrogen-bond donors (Lipinski definition) is 14. The number of carbonyl (C=O) groups is 5. The lowest BCUT2D eigenvalue weighted by Gasteiger charge is -2.46. The molecule has 3 aromatic rings. The fraction of sp³-hybridized carbons (Fsp3) is 0.674. The standard InChI is InChI=1S/C43H65N9O18S3/c1-18(37(62)52-29(20(3)55)39(64)47-9-7-28-50-23(16-71-28)40-51-22(15-72-40)38(63)46-8-6-10-73(4)5)30(57)19(2)49-27(56)11-24(21-12-45-17-48-21)66-42-36(33(60)31(58)25(13-53)68-42)69-41-34(61)35(70-43(44)65)32(59)26(14-54)67-41/h12,15-20,24-26,29-36,41-42,53-55,57-61H,6-11,13-14H2,1-5H3,(H6-,44,45,46,47,48,49,52,56,62,63,64,65)/p+1/t18-,19+,20+,24+,25?,26?,29-,30-,31?,32?,33?,34?,35?,36?,41?,42?/m0/s1. The summed E-state index contributed by atoms with van der Waals surface area (Å²) in [6.45, 7) is 2.99. The molecule has 16 atom stereocenters. The van der Waals surface area contributed by atoms with Gasteiger partial charge in [0, 0.05) is 36.7 Å². The Labute approximate surface area is 429 Å². The van der Waals surface area contributed by atoms with Gasteiger partial charge in [-0.15, -0.1) is 22.7 Å². The van der Waals surface area contributed by atoms with Gasteiger partial charge in [0.1, 0.15) is 77.0 Å². The summed E-state index contributed by atoms with van der Waals surface area (Å²) in [5.74, 6) is -2.80. The molecular weight excluding hydrogens is 1030 g/mol. The van der Waals surface area contributed by atoms with E-state index in [1.54, 1.807) is 10.8 Å². The summed E-state index contributed by atoms with van der Waals surface area (Å²) in [5.41, 5.74) is 6.13. The van der Waals surface area contributed by atoms with Crippen molar-refractivity contribution < 1.29 is 88.5 Å². The predicted octanol–water partition coefficient (Wildman–Crippen LogP) is -4.11. The molecule has 0 radical (unpaired) electrons. The normalized spacial score (nSPS) is 26.7. The Balaban J connectivity index is 1.15. The van der Waals surface area contributed by atoms with Gasteiger partial charge in [0.25, 0.3) is 5.91 Å². The predicted molar refractivity (Wildman–Crippen MR) is 259 cm³/mol. The van der Waals surface area contributed by atoms with Gasteiger partial charge < -0.3 is 96.5 Å². The first-order chi connectivity index (χ1) is 34.6. The van der Waals surface area contributed by atoms with Gasteiger partial charge in [0.15, 0.2) is 18.7 Å². The number of nitrogens with two attached hydrogens (primary N) is 1. The molecule has 5 heterocycles. The molecule has 5 rings (SSSR count). The summed E-state index contributed by atoms with van der Waals surface area (Å²) in [6, 6.07) is -2.56. The van der Waals surface area contributed by atoms with Gasteiger partial charge >= 0.3 is 6.09 Å². The molecule has 27 nitrogen and oxygen atoms in total.